The molecule has 0 amide bonds. The fraction of sp³-hybridized carbons (Fsp3) is 0.478. The highest BCUT2D eigenvalue weighted by Crippen LogP contribution is 2.54. The molecule has 0 radical (unpaired) electrons. The average molecular weight is 983 g/mol. The summed E-state index contributed by atoms with van der Waals surface area (Å²) >= 11 is 1.98. The van der Waals surface area contributed by atoms with Crippen LogP contribution in [0.15, 0.2) is 84.9 Å². The molecular formula is C69H83BN2S. The van der Waals surface area contributed by atoms with Crippen LogP contribution in [-0.2, 0) is 43.3 Å². The van der Waals surface area contributed by atoms with Gasteiger partial charge >= 0.3 is 0 Å². The van der Waals surface area contributed by atoms with E-state index in [2.05, 4.69) is 213 Å². The zero-order chi connectivity index (χ0) is 52.0. The summed E-state index contributed by atoms with van der Waals surface area (Å²) in [6.07, 6.45) is 9.62. The number of anilines is 5. The molecule has 0 saturated carbocycles. The molecule has 73 heavy (non-hydrogen) atoms. The lowest BCUT2D eigenvalue weighted by Crippen LogP contribution is -2.44. The first-order valence-corrected chi connectivity index (χ1v) is 29.0. The molecule has 4 heteroatoms. The molecule has 0 atom stereocenters. The van der Waals surface area contributed by atoms with Crippen LogP contribution in [0, 0.1) is 6.92 Å². The molecule has 0 saturated heterocycles. The highest BCUT2D eigenvalue weighted by molar-refractivity contribution is 7.25. The van der Waals surface area contributed by atoms with E-state index in [1.807, 2.05) is 11.3 Å². The number of thiophene rings is 1. The molecule has 0 unspecified atom stereocenters. The summed E-state index contributed by atoms with van der Waals surface area (Å²) < 4.78 is 2.75. The fourth-order valence-corrected chi connectivity index (χ4v) is 15.9. The van der Waals surface area contributed by atoms with E-state index in [0.717, 1.165) is 7.28 Å². The first-order chi connectivity index (χ1) is 34.0. The number of nitrogens with zero attached hydrogens (tertiary/aromatic N) is 1. The van der Waals surface area contributed by atoms with Crippen LogP contribution in [0.25, 0.3) is 31.3 Å². The summed E-state index contributed by atoms with van der Waals surface area (Å²) in [5.41, 5.74) is 26.2. The van der Waals surface area contributed by atoms with Crippen molar-refractivity contribution in [1.82, 2.24) is 0 Å². The van der Waals surface area contributed by atoms with E-state index in [9.17, 15) is 0 Å². The number of hydrogen-bond acceptors (Lipinski definition) is 3. The number of rotatable bonds is 4. The van der Waals surface area contributed by atoms with Gasteiger partial charge in [-0.15, -0.1) is 11.3 Å². The van der Waals surface area contributed by atoms with Gasteiger partial charge in [0.1, 0.15) is 0 Å². The molecule has 7 aromatic rings. The van der Waals surface area contributed by atoms with Crippen molar-refractivity contribution in [1.29, 1.82) is 0 Å². The highest BCUT2D eigenvalue weighted by Gasteiger charge is 2.43. The van der Waals surface area contributed by atoms with Crippen LogP contribution in [-0.4, -0.2) is 7.28 Å². The van der Waals surface area contributed by atoms with E-state index < -0.39 is 0 Å². The van der Waals surface area contributed by atoms with Crippen LogP contribution in [0.1, 0.15) is 212 Å². The summed E-state index contributed by atoms with van der Waals surface area (Å²) in [6.45, 7) is 41.8. The van der Waals surface area contributed by atoms with Crippen LogP contribution in [0.2, 0.25) is 0 Å². The van der Waals surface area contributed by atoms with Crippen molar-refractivity contribution in [3.8, 4) is 11.1 Å². The first-order valence-electron chi connectivity index (χ1n) is 28.2. The van der Waals surface area contributed by atoms with E-state index in [1.54, 1.807) is 0 Å². The Morgan fingerprint density at radius 1 is 0.411 bits per heavy atom. The molecule has 2 nitrogen and oxygen atoms in total. The smallest absolute Gasteiger partial charge is 0.198 e. The van der Waals surface area contributed by atoms with E-state index in [4.69, 9.17) is 0 Å². The van der Waals surface area contributed by atoms with Gasteiger partial charge < -0.3 is 10.2 Å². The van der Waals surface area contributed by atoms with Crippen molar-refractivity contribution in [2.45, 2.75) is 212 Å². The Morgan fingerprint density at radius 2 is 0.863 bits per heavy atom. The number of hydrogen-bond donors (Lipinski definition) is 1. The molecule has 0 fully saturated rings. The lowest BCUT2D eigenvalue weighted by molar-refractivity contribution is 0.332. The molecule has 1 N–H and O–H groups in total. The average Bonchev–Trinajstić information content (AvgIpc) is 3.67. The third-order valence-electron chi connectivity index (χ3n) is 20.4. The minimum Gasteiger partial charge on any atom is -0.355 e. The Kier molecular flexibility index (Phi) is 10.5. The van der Waals surface area contributed by atoms with Gasteiger partial charge in [0.2, 0.25) is 0 Å². The zero-order valence-corrected chi connectivity index (χ0v) is 48.6. The highest BCUT2D eigenvalue weighted by atomic mass is 32.1. The molecule has 12 rings (SSSR count). The van der Waals surface area contributed by atoms with Crippen molar-refractivity contribution in [3.05, 3.63) is 135 Å². The van der Waals surface area contributed by atoms with Crippen LogP contribution in [0.3, 0.4) is 0 Å². The van der Waals surface area contributed by atoms with Gasteiger partial charge in [-0.05, 0) is 223 Å². The number of fused-ring (bicyclic) bond motifs is 9. The topological polar surface area (TPSA) is 15.3 Å². The quantitative estimate of drug-likeness (QED) is 0.177. The predicted octanol–water partition coefficient (Wildman–Crippen LogP) is 18.3. The van der Waals surface area contributed by atoms with E-state index >= 15 is 0 Å². The summed E-state index contributed by atoms with van der Waals surface area (Å²) in [4.78, 5) is 2.70. The van der Waals surface area contributed by atoms with Gasteiger partial charge in [0.25, 0.3) is 0 Å². The SMILES string of the molecule is Cc1cc(-c2cc3c(cc2Nc2ccc4c(c2)C(C)(C)CCC4(C)C)sc2cc4c(cc23)C(C)(C)CCC4(C)C)c2c(c1)N(c1ccc3c(c1)C(C)(C)CCC3(C)C)c1cc3c(cc1B2)C(C)(C)CCC3(C)C. The third kappa shape index (κ3) is 7.65. The molecule has 1 aromatic heterocycles. The molecule has 0 spiro atoms. The van der Waals surface area contributed by atoms with Crippen molar-refractivity contribution in [3.63, 3.8) is 0 Å². The Bertz CT molecular complexity index is 3490. The van der Waals surface area contributed by atoms with Gasteiger partial charge in [0.15, 0.2) is 7.28 Å². The monoisotopic (exact) mass is 983 g/mol. The maximum absolute atomic E-state index is 4.20. The lowest BCUT2D eigenvalue weighted by atomic mass is 9.55. The Morgan fingerprint density at radius 3 is 1.44 bits per heavy atom. The first kappa shape index (κ1) is 49.1. The van der Waals surface area contributed by atoms with Gasteiger partial charge in [-0.25, -0.2) is 0 Å². The van der Waals surface area contributed by atoms with E-state index in [0.29, 0.717) is 0 Å². The molecule has 2 heterocycles. The number of aryl methyl sites for hydroxylation is 1. The Balaban J connectivity index is 1.13. The third-order valence-corrected chi connectivity index (χ3v) is 21.5. The van der Waals surface area contributed by atoms with Gasteiger partial charge in [-0.3, -0.25) is 0 Å². The van der Waals surface area contributed by atoms with Crippen LogP contribution >= 0.6 is 11.3 Å². The summed E-state index contributed by atoms with van der Waals surface area (Å²) in [5, 5.41) is 6.97. The minimum atomic E-state index is 0.0904. The number of benzene rings is 6. The maximum Gasteiger partial charge on any atom is 0.198 e. The van der Waals surface area contributed by atoms with Gasteiger partial charge in [-0.1, -0.05) is 141 Å². The summed E-state index contributed by atoms with van der Waals surface area (Å²) in [7, 11) is 0.880. The second-order valence-corrected chi connectivity index (χ2v) is 30.5. The van der Waals surface area contributed by atoms with Crippen molar-refractivity contribution >= 4 is 78.2 Å². The number of nitrogens with one attached hydrogen (secondary N) is 1. The van der Waals surface area contributed by atoms with Crippen molar-refractivity contribution in [2.24, 2.45) is 0 Å². The molecule has 1 aliphatic heterocycles. The standard InChI is InChI=1S/C69H83BN2S/c1-40-30-46(61-58(31-40)72(42-19-21-48-50(33-42)65(8,9)25-23-63(48,4)5)57-37-53-52(36-55(57)70-61)67(12,13)27-28-68(53,14)15)43-34-44-45-35-51-54(69(16,17)29-26-66(51,10)11)38-59(45)73-60(44)39-56(43)71-41-18-20-47-49(32-41)64(6,7)24-22-62(47,2)3/h18-21,30-39,70-71H,22-29H2,1-17H3. The molecule has 6 aromatic carbocycles. The normalized spacial score (nSPS) is 21.7. The van der Waals surface area contributed by atoms with Gasteiger partial charge in [0, 0.05) is 54.2 Å². The zero-order valence-electron chi connectivity index (χ0n) is 47.8. The van der Waals surface area contributed by atoms with E-state index in [1.165, 1.54) is 172 Å². The van der Waals surface area contributed by atoms with Gasteiger partial charge in [0.05, 0.1) is 0 Å². The Hall–Kier alpha value is -4.80. The molecule has 378 valence electrons. The minimum absolute atomic E-state index is 0.0904. The fourth-order valence-electron chi connectivity index (χ4n) is 14.8. The van der Waals surface area contributed by atoms with Gasteiger partial charge in [-0.2, -0.15) is 0 Å². The predicted molar refractivity (Wildman–Crippen MR) is 321 cm³/mol. The summed E-state index contributed by atoms with van der Waals surface area (Å²) in [6, 6.07) is 35.6. The molecule has 4 aliphatic carbocycles. The van der Waals surface area contributed by atoms with Crippen molar-refractivity contribution < 1.29 is 0 Å². The lowest BCUT2D eigenvalue weighted by Gasteiger charge is -2.45. The van der Waals surface area contributed by atoms with E-state index in [-0.39, 0.29) is 43.3 Å². The van der Waals surface area contributed by atoms with Crippen LogP contribution in [0.4, 0.5) is 28.4 Å². The molecule has 0 bridgehead atoms. The Labute approximate surface area is 444 Å². The largest absolute Gasteiger partial charge is 0.355 e. The summed E-state index contributed by atoms with van der Waals surface area (Å²) in [5.74, 6) is 0. The van der Waals surface area contributed by atoms with Crippen LogP contribution in [0.5, 0.6) is 0 Å². The van der Waals surface area contributed by atoms with Crippen molar-refractivity contribution in [2.75, 3.05) is 10.2 Å². The maximum atomic E-state index is 4.20. The second-order valence-electron chi connectivity index (χ2n) is 29.4. The second kappa shape index (κ2) is 15.6. The van der Waals surface area contributed by atoms with Crippen LogP contribution < -0.4 is 21.1 Å². The molecule has 5 aliphatic rings. The molecular weight excluding hydrogens is 900 g/mol.